The van der Waals surface area contributed by atoms with Crippen molar-refractivity contribution in [3.8, 4) is 0 Å². The minimum Gasteiger partial charge on any atom is -0.459 e. The number of hydrogen-bond acceptors (Lipinski definition) is 8. The summed E-state index contributed by atoms with van der Waals surface area (Å²) in [5.41, 5.74) is 2.23. The van der Waals surface area contributed by atoms with E-state index in [0.717, 1.165) is 35.9 Å². The number of furan rings is 1. The number of tetrazole rings is 1. The number of H-pyrrole nitrogens is 1. The zero-order valence-corrected chi connectivity index (χ0v) is 20.7. The van der Waals surface area contributed by atoms with Crippen molar-refractivity contribution in [3.05, 3.63) is 75.7 Å². The number of ether oxygens (including phenoxy) is 1. The summed E-state index contributed by atoms with van der Waals surface area (Å²) in [6, 6.07) is 10.8. The van der Waals surface area contributed by atoms with Crippen molar-refractivity contribution < 1.29 is 13.9 Å². The van der Waals surface area contributed by atoms with Crippen LogP contribution in [0.5, 0.6) is 0 Å². The monoisotopic (exact) mass is 503 g/mol. The smallest absolute Gasteiger partial charge is 0.289 e. The molecule has 11 nitrogen and oxygen atoms in total. The molecule has 0 spiro atoms. The van der Waals surface area contributed by atoms with Crippen LogP contribution < -0.4 is 5.56 Å². The minimum atomic E-state index is -0.481. The standard InChI is InChI=1S/C26H29N7O4/c1-17-5-2-6-18-15-20(25(34)27-22(17)18)23(24-28-29-30-33(24)16-19-7-3-13-36-19)31-9-11-32(12-10-31)26(35)21-8-4-14-37-21/h2,4-6,8,14-15,19,23H,3,7,9-13,16H2,1H3,(H,27,34)/t19-,23-/m0/s1. The van der Waals surface area contributed by atoms with Crippen molar-refractivity contribution >= 4 is 16.8 Å². The number of amides is 1. The molecule has 0 aliphatic carbocycles. The number of nitrogens with zero attached hydrogens (tertiary/aromatic N) is 6. The SMILES string of the molecule is Cc1cccc2cc([C@@H](c3nnnn3C[C@@H]3CCCO3)N3CCN(C(=O)c4ccco4)CC3)c(=O)[nH]c12. The van der Waals surface area contributed by atoms with Gasteiger partial charge in [-0.2, -0.15) is 0 Å². The van der Waals surface area contributed by atoms with Crippen LogP contribution >= 0.6 is 0 Å². The van der Waals surface area contributed by atoms with Crippen molar-refractivity contribution in [3.63, 3.8) is 0 Å². The summed E-state index contributed by atoms with van der Waals surface area (Å²) in [5.74, 6) is 0.786. The van der Waals surface area contributed by atoms with Crippen molar-refractivity contribution in [2.75, 3.05) is 32.8 Å². The Balaban J connectivity index is 1.35. The number of carbonyl (C=O) groups excluding carboxylic acids is 1. The first-order valence-electron chi connectivity index (χ1n) is 12.7. The Kier molecular flexibility index (Phi) is 6.31. The third-order valence-corrected chi connectivity index (χ3v) is 7.31. The van der Waals surface area contributed by atoms with Gasteiger partial charge in [0.1, 0.15) is 6.04 Å². The summed E-state index contributed by atoms with van der Waals surface area (Å²) >= 11 is 0. The first-order valence-corrected chi connectivity index (χ1v) is 12.7. The molecule has 6 rings (SSSR count). The molecule has 2 fully saturated rings. The van der Waals surface area contributed by atoms with E-state index in [4.69, 9.17) is 9.15 Å². The lowest BCUT2D eigenvalue weighted by Crippen LogP contribution is -2.50. The lowest BCUT2D eigenvalue weighted by atomic mass is 10.0. The second kappa shape index (κ2) is 9.91. The molecule has 2 aliphatic rings. The molecule has 5 heterocycles. The fraction of sp³-hybridized carbons (Fsp3) is 0.423. The Morgan fingerprint density at radius 3 is 2.81 bits per heavy atom. The van der Waals surface area contributed by atoms with E-state index in [0.29, 0.717) is 49.9 Å². The highest BCUT2D eigenvalue weighted by Crippen LogP contribution is 2.29. The molecule has 2 aliphatic heterocycles. The summed E-state index contributed by atoms with van der Waals surface area (Å²) < 4.78 is 12.9. The summed E-state index contributed by atoms with van der Waals surface area (Å²) in [4.78, 5) is 33.3. The molecule has 3 aromatic heterocycles. The van der Waals surface area contributed by atoms with Gasteiger partial charge in [0.2, 0.25) is 0 Å². The molecule has 1 aromatic carbocycles. The Morgan fingerprint density at radius 1 is 1.19 bits per heavy atom. The van der Waals surface area contributed by atoms with Crippen LogP contribution in [-0.2, 0) is 11.3 Å². The lowest BCUT2D eigenvalue weighted by Gasteiger charge is -2.38. The van der Waals surface area contributed by atoms with Crippen molar-refractivity contribution in [2.24, 2.45) is 0 Å². The van der Waals surface area contributed by atoms with E-state index in [9.17, 15) is 9.59 Å². The molecule has 1 N–H and O–H groups in total. The molecule has 0 saturated carbocycles. The molecule has 0 unspecified atom stereocenters. The fourth-order valence-corrected chi connectivity index (χ4v) is 5.36. The highest BCUT2D eigenvalue weighted by Gasteiger charge is 2.34. The normalized spacial score (nSPS) is 19.5. The number of fused-ring (bicyclic) bond motifs is 1. The molecule has 37 heavy (non-hydrogen) atoms. The first-order chi connectivity index (χ1) is 18.1. The van der Waals surface area contributed by atoms with Gasteiger partial charge >= 0.3 is 0 Å². The molecule has 11 heteroatoms. The number of para-hydroxylation sites is 1. The highest BCUT2D eigenvalue weighted by molar-refractivity contribution is 5.91. The molecule has 2 atom stereocenters. The predicted octanol–water partition coefficient (Wildman–Crippen LogP) is 2.14. The van der Waals surface area contributed by atoms with Gasteiger partial charge in [-0.3, -0.25) is 14.5 Å². The number of rotatable bonds is 6. The van der Waals surface area contributed by atoms with Crippen LogP contribution in [0.2, 0.25) is 0 Å². The summed E-state index contributed by atoms with van der Waals surface area (Å²) in [6.45, 7) is 5.33. The zero-order chi connectivity index (χ0) is 25.4. The summed E-state index contributed by atoms with van der Waals surface area (Å²) in [6.07, 6.45) is 3.51. The molecule has 0 radical (unpaired) electrons. The average Bonchev–Trinajstić information content (AvgIpc) is 3.70. The van der Waals surface area contributed by atoms with Crippen LogP contribution in [0.4, 0.5) is 0 Å². The van der Waals surface area contributed by atoms with Gasteiger partial charge in [0, 0.05) is 38.3 Å². The fourth-order valence-electron chi connectivity index (χ4n) is 5.36. The Labute approximate surface area is 213 Å². The van der Waals surface area contributed by atoms with Gasteiger partial charge < -0.3 is 19.0 Å². The average molecular weight is 504 g/mol. The van der Waals surface area contributed by atoms with E-state index < -0.39 is 6.04 Å². The number of nitrogens with one attached hydrogen (secondary N) is 1. The minimum absolute atomic E-state index is 0.0446. The van der Waals surface area contributed by atoms with E-state index in [1.165, 1.54) is 6.26 Å². The molecule has 2 saturated heterocycles. The Morgan fingerprint density at radius 2 is 2.05 bits per heavy atom. The van der Waals surface area contributed by atoms with Crippen LogP contribution in [-0.4, -0.2) is 79.8 Å². The van der Waals surface area contributed by atoms with Crippen LogP contribution in [0.1, 0.15) is 46.4 Å². The lowest BCUT2D eigenvalue weighted by molar-refractivity contribution is 0.0550. The van der Waals surface area contributed by atoms with Crippen molar-refractivity contribution in [2.45, 2.75) is 38.5 Å². The van der Waals surface area contributed by atoms with Crippen molar-refractivity contribution in [1.29, 1.82) is 0 Å². The quantitative estimate of drug-likeness (QED) is 0.425. The van der Waals surface area contributed by atoms with Gasteiger partial charge in [-0.1, -0.05) is 18.2 Å². The number of benzene rings is 1. The van der Waals surface area contributed by atoms with Crippen LogP contribution in [0.25, 0.3) is 10.9 Å². The number of aromatic amines is 1. The van der Waals surface area contributed by atoms with Crippen molar-refractivity contribution in [1.82, 2.24) is 35.0 Å². The number of aromatic nitrogens is 5. The van der Waals surface area contributed by atoms with E-state index in [1.54, 1.807) is 21.7 Å². The van der Waals surface area contributed by atoms with E-state index in [2.05, 4.69) is 25.4 Å². The number of piperazine rings is 1. The van der Waals surface area contributed by atoms with Gasteiger partial charge in [-0.05, 0) is 59.3 Å². The van der Waals surface area contributed by atoms with Crippen LogP contribution in [0.3, 0.4) is 0 Å². The zero-order valence-electron chi connectivity index (χ0n) is 20.7. The molecule has 4 aromatic rings. The maximum Gasteiger partial charge on any atom is 0.289 e. The number of pyridine rings is 1. The van der Waals surface area contributed by atoms with Gasteiger partial charge in [-0.15, -0.1) is 5.10 Å². The second-order valence-corrected chi connectivity index (χ2v) is 9.66. The molecule has 1 amide bonds. The predicted molar refractivity (Wildman–Crippen MR) is 134 cm³/mol. The third-order valence-electron chi connectivity index (χ3n) is 7.31. The van der Waals surface area contributed by atoms with E-state index in [-0.39, 0.29) is 17.6 Å². The van der Waals surface area contributed by atoms with Gasteiger partial charge in [0.15, 0.2) is 11.6 Å². The molecule has 192 valence electrons. The number of aryl methyl sites for hydroxylation is 1. The van der Waals surface area contributed by atoms with E-state index >= 15 is 0 Å². The number of hydrogen-bond donors (Lipinski definition) is 1. The third kappa shape index (κ3) is 4.56. The molecular weight excluding hydrogens is 474 g/mol. The number of carbonyl (C=O) groups is 1. The van der Waals surface area contributed by atoms with Gasteiger partial charge in [0.05, 0.1) is 24.4 Å². The topological polar surface area (TPSA) is 122 Å². The molecular formula is C26H29N7O4. The first kappa shape index (κ1) is 23.6. The molecule has 0 bridgehead atoms. The van der Waals surface area contributed by atoms with Gasteiger partial charge in [0.25, 0.3) is 11.5 Å². The van der Waals surface area contributed by atoms with E-state index in [1.807, 2.05) is 31.2 Å². The summed E-state index contributed by atoms with van der Waals surface area (Å²) in [7, 11) is 0. The Hall–Kier alpha value is -3.83. The Bertz CT molecular complexity index is 1450. The van der Waals surface area contributed by atoms with Gasteiger partial charge in [-0.25, -0.2) is 4.68 Å². The summed E-state index contributed by atoms with van der Waals surface area (Å²) in [5, 5.41) is 13.6. The largest absolute Gasteiger partial charge is 0.459 e. The maximum absolute atomic E-state index is 13.5. The van der Waals surface area contributed by atoms with Crippen LogP contribution in [0, 0.1) is 6.92 Å². The van der Waals surface area contributed by atoms with Crippen LogP contribution in [0.15, 0.2) is 51.9 Å². The highest BCUT2D eigenvalue weighted by atomic mass is 16.5. The maximum atomic E-state index is 13.5. The second-order valence-electron chi connectivity index (χ2n) is 9.66.